The highest BCUT2D eigenvalue weighted by atomic mass is 16.4. The van der Waals surface area contributed by atoms with E-state index in [-0.39, 0.29) is 48.8 Å². The SMILES string of the molecule is CN1C(=O)CN(CCC[C@H](CC(=O)O)c2ccc(NC(=O)NCc3ccccc3)cc2)C(=O)c2cc(NC(=O)NCc3ccccc3)ccc21. The first-order valence-electron chi connectivity index (χ1n) is 16.4. The molecule has 4 aromatic rings. The summed E-state index contributed by atoms with van der Waals surface area (Å²) < 4.78 is 0. The summed E-state index contributed by atoms with van der Waals surface area (Å²) in [5.41, 5.74) is 4.37. The van der Waals surface area contributed by atoms with Crippen molar-refractivity contribution in [2.24, 2.45) is 0 Å². The van der Waals surface area contributed by atoms with Crippen LogP contribution in [-0.2, 0) is 22.7 Å². The molecule has 12 heteroatoms. The van der Waals surface area contributed by atoms with E-state index in [9.17, 15) is 29.1 Å². The Labute approximate surface area is 290 Å². The summed E-state index contributed by atoms with van der Waals surface area (Å²) >= 11 is 0. The minimum atomic E-state index is -0.957. The van der Waals surface area contributed by atoms with E-state index in [0.29, 0.717) is 43.0 Å². The van der Waals surface area contributed by atoms with E-state index >= 15 is 0 Å². The van der Waals surface area contributed by atoms with Crippen LogP contribution in [0, 0.1) is 0 Å². The molecule has 0 saturated carbocycles. The molecule has 258 valence electrons. The standard InChI is InChI=1S/C38H40N6O6/c1-43-33-19-18-31(42-38(50)40-24-27-11-6-3-7-12-27)22-32(33)36(48)44(25-34(43)45)20-8-13-29(21-35(46)47)28-14-16-30(17-15-28)41-37(49)39-23-26-9-4-2-5-10-26/h2-7,9-12,14-19,22,29H,8,13,20-21,23-25H2,1H3,(H,46,47)(H2,39,41,49)(H2,40,42,50)/t29-/m1/s1. The molecule has 5 N–H and O–H groups in total. The van der Waals surface area contributed by atoms with Gasteiger partial charge in [-0.15, -0.1) is 0 Å². The van der Waals surface area contributed by atoms with Crippen molar-refractivity contribution >= 4 is 46.9 Å². The number of fused-ring (bicyclic) bond motifs is 1. The van der Waals surface area contributed by atoms with Crippen LogP contribution in [0.15, 0.2) is 103 Å². The van der Waals surface area contributed by atoms with Crippen LogP contribution in [0.25, 0.3) is 0 Å². The molecule has 1 aliphatic heterocycles. The Hall–Kier alpha value is -6.17. The second-order valence-corrected chi connectivity index (χ2v) is 12.1. The van der Waals surface area contributed by atoms with Crippen LogP contribution < -0.4 is 26.2 Å². The lowest BCUT2D eigenvalue weighted by molar-refractivity contribution is -0.137. The molecule has 1 aliphatic rings. The van der Waals surface area contributed by atoms with Gasteiger partial charge in [-0.2, -0.15) is 0 Å². The zero-order chi connectivity index (χ0) is 35.5. The van der Waals surface area contributed by atoms with Crippen molar-refractivity contribution in [2.75, 3.05) is 35.7 Å². The fourth-order valence-electron chi connectivity index (χ4n) is 5.78. The van der Waals surface area contributed by atoms with Gasteiger partial charge < -0.3 is 36.2 Å². The van der Waals surface area contributed by atoms with Crippen molar-refractivity contribution in [3.8, 4) is 0 Å². The Bertz CT molecular complexity index is 1820. The molecule has 12 nitrogen and oxygen atoms in total. The summed E-state index contributed by atoms with van der Waals surface area (Å²) in [4.78, 5) is 66.4. The maximum absolute atomic E-state index is 13.7. The van der Waals surface area contributed by atoms with Gasteiger partial charge in [0.1, 0.15) is 6.54 Å². The number of rotatable bonds is 13. The second-order valence-electron chi connectivity index (χ2n) is 12.1. The van der Waals surface area contributed by atoms with Crippen molar-refractivity contribution in [3.63, 3.8) is 0 Å². The number of carboxylic acids is 1. The van der Waals surface area contributed by atoms with Crippen LogP contribution in [0.1, 0.15) is 52.2 Å². The first-order chi connectivity index (χ1) is 24.2. The third-order valence-corrected chi connectivity index (χ3v) is 8.47. The Morgan fingerprint density at radius 2 is 1.32 bits per heavy atom. The third kappa shape index (κ3) is 9.69. The first kappa shape index (κ1) is 35.1. The number of benzene rings is 4. The molecule has 4 aromatic carbocycles. The van der Waals surface area contributed by atoms with Gasteiger partial charge in [0.05, 0.1) is 17.7 Å². The van der Waals surface area contributed by atoms with Crippen molar-refractivity contribution in [1.82, 2.24) is 15.5 Å². The van der Waals surface area contributed by atoms with Crippen LogP contribution in [0.3, 0.4) is 0 Å². The fourth-order valence-corrected chi connectivity index (χ4v) is 5.78. The number of likely N-dealkylation sites (N-methyl/N-ethyl adjacent to an activating group) is 1. The predicted octanol–water partition coefficient (Wildman–Crippen LogP) is 5.79. The monoisotopic (exact) mass is 676 g/mol. The predicted molar refractivity (Wildman–Crippen MR) is 191 cm³/mol. The number of urea groups is 2. The Morgan fingerprint density at radius 3 is 1.90 bits per heavy atom. The first-order valence-corrected chi connectivity index (χ1v) is 16.4. The summed E-state index contributed by atoms with van der Waals surface area (Å²) in [7, 11) is 1.60. The number of carboxylic acid groups (broad SMARTS) is 1. The summed E-state index contributed by atoms with van der Waals surface area (Å²) in [5.74, 6) is -1.94. The summed E-state index contributed by atoms with van der Waals surface area (Å²) in [6.45, 7) is 0.797. The highest BCUT2D eigenvalue weighted by Crippen LogP contribution is 2.30. The number of carbonyl (C=O) groups is 5. The molecule has 6 amide bonds. The molecule has 5 rings (SSSR count). The quantitative estimate of drug-likeness (QED) is 0.121. The molecule has 1 atom stereocenters. The number of hydrogen-bond acceptors (Lipinski definition) is 5. The molecule has 0 radical (unpaired) electrons. The van der Waals surface area contributed by atoms with Gasteiger partial charge in [-0.3, -0.25) is 14.4 Å². The molecular formula is C38H40N6O6. The molecule has 0 bridgehead atoms. The maximum Gasteiger partial charge on any atom is 0.319 e. The number of amides is 6. The molecule has 0 spiro atoms. The van der Waals surface area contributed by atoms with Crippen LogP contribution in [0.4, 0.5) is 26.7 Å². The average Bonchev–Trinajstić information content (AvgIpc) is 3.20. The van der Waals surface area contributed by atoms with Crippen molar-refractivity contribution in [1.29, 1.82) is 0 Å². The molecule has 0 saturated heterocycles. The van der Waals surface area contributed by atoms with Gasteiger partial charge in [-0.05, 0) is 65.8 Å². The minimum Gasteiger partial charge on any atom is -0.481 e. The second kappa shape index (κ2) is 16.8. The zero-order valence-corrected chi connectivity index (χ0v) is 27.7. The van der Waals surface area contributed by atoms with Crippen LogP contribution in [-0.4, -0.2) is 60.0 Å². The van der Waals surface area contributed by atoms with E-state index in [1.807, 2.05) is 60.7 Å². The summed E-state index contributed by atoms with van der Waals surface area (Å²) in [6.07, 6.45) is 0.766. The zero-order valence-electron chi connectivity index (χ0n) is 27.7. The molecule has 0 unspecified atom stereocenters. The van der Waals surface area contributed by atoms with Crippen LogP contribution >= 0.6 is 0 Å². The van der Waals surface area contributed by atoms with E-state index in [0.717, 1.165) is 16.7 Å². The lowest BCUT2D eigenvalue weighted by Crippen LogP contribution is -2.38. The highest BCUT2D eigenvalue weighted by Gasteiger charge is 2.30. The largest absolute Gasteiger partial charge is 0.481 e. The third-order valence-electron chi connectivity index (χ3n) is 8.47. The Morgan fingerprint density at radius 1 is 0.760 bits per heavy atom. The van der Waals surface area contributed by atoms with Crippen molar-refractivity contribution in [3.05, 3.63) is 125 Å². The Balaban J connectivity index is 1.19. The molecule has 50 heavy (non-hydrogen) atoms. The van der Waals surface area contributed by atoms with Crippen molar-refractivity contribution < 1.29 is 29.1 Å². The van der Waals surface area contributed by atoms with Crippen LogP contribution in [0.2, 0.25) is 0 Å². The van der Waals surface area contributed by atoms with Gasteiger partial charge in [0, 0.05) is 38.1 Å². The van der Waals surface area contributed by atoms with Gasteiger partial charge in [0.25, 0.3) is 5.91 Å². The van der Waals surface area contributed by atoms with Gasteiger partial charge in [-0.1, -0.05) is 72.8 Å². The Kier molecular flexibility index (Phi) is 11.8. The van der Waals surface area contributed by atoms with E-state index < -0.39 is 12.0 Å². The number of nitrogens with one attached hydrogen (secondary N) is 4. The van der Waals surface area contributed by atoms with Crippen LogP contribution in [0.5, 0.6) is 0 Å². The minimum absolute atomic E-state index is 0.121. The molecular weight excluding hydrogens is 636 g/mol. The molecule has 0 aliphatic carbocycles. The number of anilines is 3. The van der Waals surface area contributed by atoms with E-state index in [4.69, 9.17) is 0 Å². The molecule has 0 aromatic heterocycles. The lowest BCUT2D eigenvalue weighted by atomic mass is 9.91. The summed E-state index contributed by atoms with van der Waals surface area (Å²) in [6, 6.07) is 30.1. The normalized spacial score (nSPS) is 13.1. The highest BCUT2D eigenvalue weighted by molar-refractivity contribution is 6.10. The van der Waals surface area contributed by atoms with E-state index in [1.165, 1.54) is 9.80 Å². The lowest BCUT2D eigenvalue weighted by Gasteiger charge is -2.22. The molecule has 0 fully saturated rings. The van der Waals surface area contributed by atoms with Gasteiger partial charge >= 0.3 is 18.0 Å². The number of nitrogens with zero attached hydrogens (tertiary/aromatic N) is 2. The topological polar surface area (TPSA) is 160 Å². The van der Waals surface area contributed by atoms with Gasteiger partial charge in [0.15, 0.2) is 0 Å². The van der Waals surface area contributed by atoms with E-state index in [2.05, 4.69) is 21.3 Å². The molecule has 1 heterocycles. The van der Waals surface area contributed by atoms with Crippen molar-refractivity contribution in [2.45, 2.75) is 38.3 Å². The average molecular weight is 677 g/mol. The summed E-state index contributed by atoms with van der Waals surface area (Å²) in [5, 5.41) is 20.8. The van der Waals surface area contributed by atoms with Gasteiger partial charge in [0.2, 0.25) is 5.91 Å². The smallest absolute Gasteiger partial charge is 0.319 e. The number of carbonyl (C=O) groups excluding carboxylic acids is 4. The fraction of sp³-hybridized carbons (Fsp3) is 0.237. The van der Waals surface area contributed by atoms with Gasteiger partial charge in [-0.25, -0.2) is 9.59 Å². The van der Waals surface area contributed by atoms with E-state index in [1.54, 1.807) is 49.5 Å². The number of aliphatic carboxylic acids is 1. The number of hydrogen-bond donors (Lipinski definition) is 5. The maximum atomic E-state index is 13.7.